The van der Waals surface area contributed by atoms with Crippen LogP contribution in [0, 0.1) is 5.92 Å². The minimum Gasteiger partial charge on any atom is -0.380 e. The zero-order valence-electron chi connectivity index (χ0n) is 17.7. The number of nitrogens with one attached hydrogen (secondary N) is 1. The zero-order valence-corrected chi connectivity index (χ0v) is 19.2. The third-order valence-electron chi connectivity index (χ3n) is 6.15. The molecule has 2 aliphatic rings. The molecular formula is C23H25ClF3N3OS. The first-order valence-electron chi connectivity index (χ1n) is 10.6. The van der Waals surface area contributed by atoms with E-state index in [4.69, 9.17) is 11.6 Å². The molecule has 2 aromatic rings. The van der Waals surface area contributed by atoms with E-state index in [9.17, 15) is 18.0 Å². The second-order valence-corrected chi connectivity index (χ2v) is 10.1. The third-order valence-corrected chi connectivity index (χ3v) is 7.44. The molecule has 1 N–H and O–H groups in total. The Hall–Kier alpha value is -1.93. The average molecular weight is 484 g/mol. The number of halogens is 4. The van der Waals surface area contributed by atoms with Gasteiger partial charge in [-0.2, -0.15) is 24.9 Å². The summed E-state index contributed by atoms with van der Waals surface area (Å²) in [6.45, 7) is 0. The van der Waals surface area contributed by atoms with Gasteiger partial charge >= 0.3 is 6.18 Å². The highest BCUT2D eigenvalue weighted by Crippen LogP contribution is 2.38. The second-order valence-electron chi connectivity index (χ2n) is 8.41. The number of rotatable bonds is 5. The Bertz CT molecular complexity index is 964. The van der Waals surface area contributed by atoms with Gasteiger partial charge in [-0.1, -0.05) is 17.7 Å². The molecular weight excluding hydrogens is 459 g/mol. The molecule has 0 saturated carbocycles. The summed E-state index contributed by atoms with van der Waals surface area (Å²) in [5, 5.41) is 4.04. The first-order chi connectivity index (χ1) is 15.2. The summed E-state index contributed by atoms with van der Waals surface area (Å²) < 4.78 is 41.8. The Morgan fingerprint density at radius 2 is 1.91 bits per heavy atom. The fourth-order valence-corrected chi connectivity index (χ4v) is 5.82. The van der Waals surface area contributed by atoms with Crippen LogP contribution in [0.3, 0.4) is 0 Å². The molecule has 1 saturated heterocycles. The van der Waals surface area contributed by atoms with Crippen LogP contribution < -0.4 is 5.32 Å². The molecule has 0 bridgehead atoms. The zero-order chi connectivity index (χ0) is 22.9. The van der Waals surface area contributed by atoms with E-state index >= 15 is 0 Å². The van der Waals surface area contributed by atoms with Gasteiger partial charge in [0.05, 0.1) is 17.6 Å². The smallest absolute Gasteiger partial charge is 0.380 e. The minimum atomic E-state index is -4.61. The van der Waals surface area contributed by atoms with Crippen molar-refractivity contribution >= 4 is 35.0 Å². The Morgan fingerprint density at radius 1 is 1.19 bits per heavy atom. The van der Waals surface area contributed by atoms with Crippen molar-refractivity contribution in [1.29, 1.82) is 0 Å². The fourth-order valence-electron chi connectivity index (χ4n) is 4.52. The number of fused-ring (bicyclic) bond motifs is 1. The van der Waals surface area contributed by atoms with Crippen molar-refractivity contribution < 1.29 is 18.0 Å². The molecule has 1 aromatic carbocycles. The van der Waals surface area contributed by atoms with Crippen LogP contribution in [0.4, 0.5) is 18.9 Å². The van der Waals surface area contributed by atoms with E-state index in [0.29, 0.717) is 23.6 Å². The van der Waals surface area contributed by atoms with E-state index in [0.717, 1.165) is 29.2 Å². The monoisotopic (exact) mass is 483 g/mol. The van der Waals surface area contributed by atoms with Gasteiger partial charge in [0.15, 0.2) is 6.04 Å². The number of hydrogen-bond acceptors (Lipinski definition) is 4. The molecule has 0 spiro atoms. The Kier molecular flexibility index (Phi) is 6.91. The van der Waals surface area contributed by atoms with Gasteiger partial charge in [0.1, 0.15) is 0 Å². The maximum absolute atomic E-state index is 13.9. The van der Waals surface area contributed by atoms with Crippen LogP contribution in [-0.4, -0.2) is 46.6 Å². The standard InChI is InChI=1S/C23H25ClF3N3OS/c1-30(22(31)14-6-8-32-9-7-14)21(23(25,26)27)20-5-4-18(13-28-20)29-19-11-15-2-3-17(24)10-16(15)12-19/h2-5,10,13-14,19,21,29H,6-9,11-12H2,1H3/t19-,21+/m1/s1. The molecule has 1 amide bonds. The first kappa shape index (κ1) is 23.2. The van der Waals surface area contributed by atoms with Gasteiger partial charge in [0, 0.05) is 24.0 Å². The van der Waals surface area contributed by atoms with Crippen molar-refractivity contribution in [2.75, 3.05) is 23.9 Å². The summed E-state index contributed by atoms with van der Waals surface area (Å²) in [6, 6.07) is 6.85. The van der Waals surface area contributed by atoms with E-state index in [1.807, 2.05) is 18.2 Å². The van der Waals surface area contributed by atoms with E-state index < -0.39 is 18.1 Å². The quantitative estimate of drug-likeness (QED) is 0.608. The highest BCUT2D eigenvalue weighted by atomic mass is 35.5. The van der Waals surface area contributed by atoms with E-state index in [1.54, 1.807) is 17.8 Å². The lowest BCUT2D eigenvalue weighted by Gasteiger charge is -2.33. The molecule has 4 nitrogen and oxygen atoms in total. The number of carbonyl (C=O) groups is 1. The fraction of sp³-hybridized carbons (Fsp3) is 0.478. The Balaban J connectivity index is 1.46. The van der Waals surface area contributed by atoms with Crippen LogP contribution in [0.15, 0.2) is 36.5 Å². The topological polar surface area (TPSA) is 45.2 Å². The van der Waals surface area contributed by atoms with Crippen molar-refractivity contribution in [3.05, 3.63) is 58.4 Å². The lowest BCUT2D eigenvalue weighted by Crippen LogP contribution is -2.43. The minimum absolute atomic E-state index is 0.128. The van der Waals surface area contributed by atoms with Gasteiger partial charge < -0.3 is 10.2 Å². The predicted molar refractivity (Wildman–Crippen MR) is 122 cm³/mol. The number of carbonyl (C=O) groups excluding carboxylic acids is 1. The largest absolute Gasteiger partial charge is 0.414 e. The van der Waals surface area contributed by atoms with Gasteiger partial charge in [-0.3, -0.25) is 9.78 Å². The Morgan fingerprint density at radius 3 is 2.56 bits per heavy atom. The number of aromatic nitrogens is 1. The second kappa shape index (κ2) is 9.51. The van der Waals surface area contributed by atoms with Gasteiger partial charge in [-0.15, -0.1) is 0 Å². The molecule has 1 aliphatic heterocycles. The number of anilines is 1. The van der Waals surface area contributed by atoms with Crippen LogP contribution in [0.25, 0.3) is 0 Å². The summed E-state index contributed by atoms with van der Waals surface area (Å²) in [5.74, 6) is 0.789. The summed E-state index contributed by atoms with van der Waals surface area (Å²) in [6.07, 6.45) is -0.356. The highest BCUT2D eigenvalue weighted by molar-refractivity contribution is 7.99. The predicted octanol–water partition coefficient (Wildman–Crippen LogP) is 5.52. The molecule has 1 aliphatic carbocycles. The lowest BCUT2D eigenvalue weighted by molar-refractivity contribution is -0.191. The molecule has 32 heavy (non-hydrogen) atoms. The molecule has 1 fully saturated rings. The molecule has 172 valence electrons. The first-order valence-corrected chi connectivity index (χ1v) is 12.2. The van der Waals surface area contributed by atoms with Gasteiger partial charge in [-0.05, 0) is 72.6 Å². The number of thioether (sulfide) groups is 1. The van der Waals surface area contributed by atoms with E-state index in [-0.39, 0.29) is 17.7 Å². The van der Waals surface area contributed by atoms with Gasteiger partial charge in [0.25, 0.3) is 0 Å². The van der Waals surface area contributed by atoms with Crippen LogP contribution in [-0.2, 0) is 17.6 Å². The van der Waals surface area contributed by atoms with Gasteiger partial charge in [-0.25, -0.2) is 0 Å². The van der Waals surface area contributed by atoms with E-state index in [1.165, 1.54) is 30.4 Å². The summed E-state index contributed by atoms with van der Waals surface area (Å²) >= 11 is 7.79. The normalized spacial score (nSPS) is 20.0. The number of nitrogens with zero attached hydrogens (tertiary/aromatic N) is 2. The summed E-state index contributed by atoms with van der Waals surface area (Å²) in [7, 11) is 1.23. The maximum atomic E-state index is 13.9. The molecule has 4 rings (SSSR count). The van der Waals surface area contributed by atoms with Crippen molar-refractivity contribution in [3.8, 4) is 0 Å². The van der Waals surface area contributed by atoms with Crippen LogP contribution in [0.1, 0.15) is 35.7 Å². The SMILES string of the molecule is CN(C(=O)C1CCSCC1)[C@@H](c1ccc(N[C@@H]2Cc3ccc(Cl)cc3C2)cn1)C(F)(F)F. The maximum Gasteiger partial charge on any atom is 0.414 e. The van der Waals surface area contributed by atoms with Gasteiger partial charge in [0.2, 0.25) is 5.91 Å². The lowest BCUT2D eigenvalue weighted by atomic mass is 9.99. The average Bonchev–Trinajstić information content (AvgIpc) is 3.15. The molecule has 9 heteroatoms. The molecule has 0 unspecified atom stereocenters. The molecule has 1 aromatic heterocycles. The summed E-state index contributed by atoms with van der Waals surface area (Å²) in [4.78, 5) is 17.7. The van der Waals surface area contributed by atoms with Crippen LogP contribution in [0.2, 0.25) is 5.02 Å². The number of pyridine rings is 1. The number of benzene rings is 1. The molecule has 2 heterocycles. The van der Waals surface area contributed by atoms with Crippen molar-refractivity contribution in [2.45, 2.75) is 43.9 Å². The number of amides is 1. The van der Waals surface area contributed by atoms with Crippen molar-refractivity contribution in [3.63, 3.8) is 0 Å². The number of hydrogen-bond donors (Lipinski definition) is 1. The Labute approximate surface area is 194 Å². The third kappa shape index (κ3) is 5.17. The van der Waals surface area contributed by atoms with Crippen molar-refractivity contribution in [2.24, 2.45) is 5.92 Å². The van der Waals surface area contributed by atoms with Crippen LogP contribution in [0.5, 0.6) is 0 Å². The van der Waals surface area contributed by atoms with E-state index in [2.05, 4.69) is 10.3 Å². The highest BCUT2D eigenvalue weighted by Gasteiger charge is 2.47. The van der Waals surface area contributed by atoms with Crippen molar-refractivity contribution in [1.82, 2.24) is 9.88 Å². The number of alkyl halides is 3. The molecule has 0 radical (unpaired) electrons. The summed E-state index contributed by atoms with van der Waals surface area (Å²) in [5.41, 5.74) is 2.87. The molecule has 2 atom stereocenters. The van der Waals surface area contributed by atoms with Crippen LogP contribution >= 0.6 is 23.4 Å².